The molecule has 58 heavy (non-hydrogen) atoms. The molecule has 0 saturated heterocycles. The van der Waals surface area contributed by atoms with Crippen molar-refractivity contribution < 1.29 is 8.83 Å². The van der Waals surface area contributed by atoms with Crippen LogP contribution in [0.15, 0.2) is 191 Å². The van der Waals surface area contributed by atoms with Crippen LogP contribution in [0.25, 0.3) is 106 Å². The van der Waals surface area contributed by atoms with Crippen molar-refractivity contribution in [2.75, 3.05) is 0 Å². The second-order valence-electron chi connectivity index (χ2n) is 15.1. The van der Waals surface area contributed by atoms with Gasteiger partial charge in [-0.25, -0.2) is 15.0 Å². The summed E-state index contributed by atoms with van der Waals surface area (Å²) in [7, 11) is 0. The number of hydrogen-bond acceptors (Lipinski definition) is 5. The quantitative estimate of drug-likeness (QED) is 0.176. The molecule has 0 spiro atoms. The van der Waals surface area contributed by atoms with Gasteiger partial charge in [0.1, 0.15) is 22.5 Å². The van der Waals surface area contributed by atoms with Gasteiger partial charge in [0.25, 0.3) is 0 Å². The average Bonchev–Trinajstić information content (AvgIpc) is 3.88. The van der Waals surface area contributed by atoms with Gasteiger partial charge in [0, 0.05) is 44.7 Å². The van der Waals surface area contributed by atoms with Gasteiger partial charge < -0.3 is 8.83 Å². The summed E-state index contributed by atoms with van der Waals surface area (Å²) < 4.78 is 13.2. The molecule has 10 aromatic rings. The molecule has 2 aliphatic rings. The lowest BCUT2D eigenvalue weighted by molar-refractivity contribution is 0.578. The number of nitrogens with zero attached hydrogens (tertiary/aromatic N) is 3. The van der Waals surface area contributed by atoms with Crippen molar-refractivity contribution in [2.45, 2.75) is 5.92 Å². The second-order valence-corrected chi connectivity index (χ2v) is 15.1. The fourth-order valence-corrected chi connectivity index (χ4v) is 8.86. The number of benzene rings is 7. The lowest BCUT2D eigenvalue weighted by Crippen LogP contribution is -2.12. The molecule has 3 heterocycles. The highest BCUT2D eigenvalue weighted by molar-refractivity contribution is 6.12. The van der Waals surface area contributed by atoms with Crippen molar-refractivity contribution in [1.29, 1.82) is 0 Å². The van der Waals surface area contributed by atoms with Crippen molar-refractivity contribution in [3.63, 3.8) is 0 Å². The summed E-state index contributed by atoms with van der Waals surface area (Å²) in [5, 5.41) is 5.30. The van der Waals surface area contributed by atoms with Crippen LogP contribution in [-0.4, -0.2) is 15.0 Å². The van der Waals surface area contributed by atoms with E-state index in [0.29, 0.717) is 17.5 Å². The molecule has 2 aliphatic carbocycles. The van der Waals surface area contributed by atoms with Gasteiger partial charge >= 0.3 is 0 Å². The Labute approximate surface area is 334 Å². The molecule has 0 amide bonds. The van der Waals surface area contributed by atoms with Gasteiger partial charge in [-0.3, -0.25) is 0 Å². The monoisotopic (exact) mass is 743 g/mol. The first kappa shape index (κ1) is 32.6. The molecule has 0 N–H and O–H groups in total. The largest absolute Gasteiger partial charge is 0.456 e. The maximum Gasteiger partial charge on any atom is 0.167 e. The van der Waals surface area contributed by atoms with E-state index in [1.54, 1.807) is 0 Å². The molecule has 12 rings (SSSR count). The minimum absolute atomic E-state index is 0.168. The van der Waals surface area contributed by atoms with Gasteiger partial charge in [-0.2, -0.15) is 0 Å². The van der Waals surface area contributed by atoms with Crippen LogP contribution in [-0.2, 0) is 0 Å². The Kier molecular flexibility index (Phi) is 7.29. The van der Waals surface area contributed by atoms with E-state index in [-0.39, 0.29) is 11.8 Å². The van der Waals surface area contributed by atoms with Crippen LogP contribution in [0.1, 0.15) is 17.2 Å². The Morgan fingerprint density at radius 3 is 1.93 bits per heavy atom. The molecule has 272 valence electrons. The maximum atomic E-state index is 6.87. The third kappa shape index (κ3) is 5.28. The van der Waals surface area contributed by atoms with Gasteiger partial charge in [0.2, 0.25) is 0 Å². The third-order valence-electron chi connectivity index (χ3n) is 11.7. The van der Waals surface area contributed by atoms with Gasteiger partial charge in [0.05, 0.1) is 5.56 Å². The first-order valence-corrected chi connectivity index (χ1v) is 19.7. The molecule has 3 aromatic heterocycles. The minimum atomic E-state index is 0.168. The summed E-state index contributed by atoms with van der Waals surface area (Å²) in [5.41, 5.74) is 10.7. The predicted octanol–water partition coefficient (Wildman–Crippen LogP) is 13.9. The van der Waals surface area contributed by atoms with Crippen molar-refractivity contribution in [3.05, 3.63) is 193 Å². The molecule has 0 radical (unpaired) electrons. The van der Waals surface area contributed by atoms with Crippen molar-refractivity contribution in [1.82, 2.24) is 15.0 Å². The van der Waals surface area contributed by atoms with E-state index in [4.69, 9.17) is 23.8 Å². The number of hydrogen-bond donors (Lipinski definition) is 0. The summed E-state index contributed by atoms with van der Waals surface area (Å²) in [6, 6.07) is 52.7. The predicted molar refractivity (Wildman–Crippen MR) is 235 cm³/mol. The summed E-state index contributed by atoms with van der Waals surface area (Å²) in [4.78, 5) is 15.9. The molecule has 2 atom stereocenters. The van der Waals surface area contributed by atoms with Crippen LogP contribution >= 0.6 is 0 Å². The topological polar surface area (TPSA) is 65.0 Å². The molecule has 0 aliphatic heterocycles. The Balaban J connectivity index is 1.11. The van der Waals surface area contributed by atoms with E-state index in [2.05, 4.69) is 146 Å². The third-order valence-corrected chi connectivity index (χ3v) is 11.7. The fraction of sp³-hybridized carbons (Fsp3) is 0.0377. The molecule has 0 fully saturated rings. The number of rotatable bonds is 5. The minimum Gasteiger partial charge on any atom is -0.456 e. The molecule has 2 unspecified atom stereocenters. The van der Waals surface area contributed by atoms with Crippen LogP contribution < -0.4 is 0 Å². The molecular formula is C53H33N3O2. The highest BCUT2D eigenvalue weighted by Gasteiger charge is 2.31. The Hall–Kier alpha value is -7.63. The average molecular weight is 744 g/mol. The van der Waals surface area contributed by atoms with E-state index in [1.165, 1.54) is 16.7 Å². The molecule has 5 heteroatoms. The maximum absolute atomic E-state index is 6.87. The summed E-state index contributed by atoms with van der Waals surface area (Å²) in [6.07, 6.45) is 13.2. The molecule has 5 nitrogen and oxygen atoms in total. The van der Waals surface area contributed by atoms with Gasteiger partial charge in [-0.05, 0) is 75.5 Å². The van der Waals surface area contributed by atoms with E-state index in [0.717, 1.165) is 77.3 Å². The van der Waals surface area contributed by atoms with Gasteiger partial charge in [-0.1, -0.05) is 146 Å². The highest BCUT2D eigenvalue weighted by atomic mass is 16.3. The van der Waals surface area contributed by atoms with Crippen molar-refractivity contribution in [2.24, 2.45) is 5.92 Å². The standard InChI is InChI=1S/C53H33N3O2/c1-3-12-32(13-4-1)35-22-23-37-29-38(25-24-36(37)28-35)51-54-52(42-19-11-21-46-49(42)41-18-9-10-20-45(41)57-46)56-53(55-51)44-31-39(33-14-5-2-6-15-33)30-43-48-40-17-8-7-16-34(40)26-27-47(48)58-50(43)44/h1-31,34,40H. The van der Waals surface area contributed by atoms with Crippen LogP contribution in [0.3, 0.4) is 0 Å². The SMILES string of the molecule is C1=CC2C=Cc3oc4c(-c5nc(-c6ccc7cc(-c8ccccc8)ccc7c6)nc(-c6cccc7oc8ccccc8c67)n5)cc(-c5ccccc5)cc4c3C2C=C1. The second kappa shape index (κ2) is 13.0. The molecular weight excluding hydrogens is 711 g/mol. The van der Waals surface area contributed by atoms with E-state index in [1.807, 2.05) is 42.5 Å². The van der Waals surface area contributed by atoms with E-state index >= 15 is 0 Å². The first-order valence-electron chi connectivity index (χ1n) is 19.7. The summed E-state index contributed by atoms with van der Waals surface area (Å²) >= 11 is 0. The lowest BCUT2D eigenvalue weighted by atomic mass is 9.78. The number of aromatic nitrogens is 3. The zero-order valence-electron chi connectivity index (χ0n) is 31.2. The van der Waals surface area contributed by atoms with Crippen LogP contribution in [0.2, 0.25) is 0 Å². The summed E-state index contributed by atoms with van der Waals surface area (Å²) in [5.74, 6) is 2.98. The molecule has 0 saturated carbocycles. The Bertz CT molecular complexity index is 3350. The zero-order valence-corrected chi connectivity index (χ0v) is 31.2. The van der Waals surface area contributed by atoms with Gasteiger partial charge in [-0.15, -0.1) is 0 Å². The normalized spacial score (nSPS) is 15.7. The Morgan fingerprint density at radius 2 is 1.10 bits per heavy atom. The van der Waals surface area contributed by atoms with Crippen molar-refractivity contribution in [3.8, 4) is 56.4 Å². The van der Waals surface area contributed by atoms with Crippen LogP contribution in [0.5, 0.6) is 0 Å². The fourth-order valence-electron chi connectivity index (χ4n) is 8.86. The van der Waals surface area contributed by atoms with Crippen LogP contribution in [0.4, 0.5) is 0 Å². The summed E-state index contributed by atoms with van der Waals surface area (Å²) in [6.45, 7) is 0. The van der Waals surface area contributed by atoms with Gasteiger partial charge in [0.15, 0.2) is 17.5 Å². The Morgan fingerprint density at radius 1 is 0.431 bits per heavy atom. The van der Waals surface area contributed by atoms with Crippen molar-refractivity contribution >= 4 is 49.8 Å². The molecule has 0 bridgehead atoms. The smallest absolute Gasteiger partial charge is 0.167 e. The van der Waals surface area contributed by atoms with Crippen LogP contribution in [0, 0.1) is 5.92 Å². The van der Waals surface area contributed by atoms with E-state index in [9.17, 15) is 0 Å². The number of fused-ring (bicyclic) bond motifs is 9. The number of furan rings is 2. The highest BCUT2D eigenvalue weighted by Crippen LogP contribution is 2.47. The number of allylic oxidation sites excluding steroid dienone is 5. The molecule has 7 aromatic carbocycles. The lowest BCUT2D eigenvalue weighted by Gasteiger charge is -2.24. The van der Waals surface area contributed by atoms with E-state index < -0.39 is 0 Å². The number of para-hydroxylation sites is 1. The zero-order chi connectivity index (χ0) is 38.2. The first-order chi connectivity index (χ1) is 28.7.